The Morgan fingerprint density at radius 3 is 2.71 bits per heavy atom. The van der Waals surface area contributed by atoms with Crippen LogP contribution in [0.2, 0.25) is 5.02 Å². The predicted molar refractivity (Wildman–Crippen MR) is 142 cm³/mol. The van der Waals surface area contributed by atoms with Gasteiger partial charge in [0.1, 0.15) is 41.8 Å². The summed E-state index contributed by atoms with van der Waals surface area (Å²) in [7, 11) is 1.80. The van der Waals surface area contributed by atoms with E-state index in [1.165, 1.54) is 0 Å². The van der Waals surface area contributed by atoms with Crippen LogP contribution >= 0.6 is 11.6 Å². The van der Waals surface area contributed by atoms with Gasteiger partial charge in [-0.1, -0.05) is 11.6 Å². The van der Waals surface area contributed by atoms with Crippen LogP contribution in [0.5, 0.6) is 11.9 Å². The highest BCUT2D eigenvalue weighted by Crippen LogP contribution is 2.51. The number of nitrogens with two attached hydrogens (primary N) is 1. The second-order valence-electron chi connectivity index (χ2n) is 11.5. The number of rotatable bonds is 4. The minimum Gasteiger partial charge on any atom is -0.475 e. The number of fused-ring (bicyclic) bond motifs is 1. The minimum absolute atomic E-state index is 0.0964. The van der Waals surface area contributed by atoms with Gasteiger partial charge in [0, 0.05) is 31.3 Å². The summed E-state index contributed by atoms with van der Waals surface area (Å²) in [5, 5.41) is -0.563. The molecule has 0 radical (unpaired) electrons. The molecule has 2 aromatic heterocycles. The molecule has 1 aliphatic carbocycles. The molecule has 1 saturated carbocycles. The number of alkyl halides is 4. The van der Waals surface area contributed by atoms with Crippen molar-refractivity contribution in [2.24, 2.45) is 0 Å². The van der Waals surface area contributed by atoms with Gasteiger partial charge in [0.05, 0.1) is 21.7 Å². The number of halogens is 6. The molecule has 1 aromatic carbocycles. The molecule has 7 rings (SSSR count). The molecule has 14 heteroatoms. The number of nitrogens with zero attached hydrogens (tertiary/aromatic N) is 5. The standard InChI is InChI=1S/C27H26ClF5N6O2/c1-38-22-17-21(36-24(37-22)41-12-26-3-2-6-39(26)10-13(29)9-26)19(30)20(35-23(17)40-11-25(38)4-5-25)15-7-14(34)8-16(28)18(15)27(31,32)33/h7-8,13H,2-6,9-12,34H2,1H3/t13-,26+/m1/s1. The highest BCUT2D eigenvalue weighted by atomic mass is 35.5. The van der Waals surface area contributed by atoms with Crippen LogP contribution in [0.25, 0.3) is 22.2 Å². The van der Waals surface area contributed by atoms with Crippen LogP contribution in [-0.2, 0) is 6.18 Å². The summed E-state index contributed by atoms with van der Waals surface area (Å²) in [4.78, 5) is 17.1. The maximum atomic E-state index is 16.4. The molecule has 3 fully saturated rings. The van der Waals surface area contributed by atoms with E-state index in [1.807, 2.05) is 4.90 Å². The van der Waals surface area contributed by atoms with Gasteiger partial charge < -0.3 is 20.1 Å². The number of likely N-dealkylation sites (N-methyl/N-ethyl adjacent to an activating group) is 1. The zero-order valence-electron chi connectivity index (χ0n) is 22.0. The molecule has 1 spiro atoms. The van der Waals surface area contributed by atoms with E-state index in [0.29, 0.717) is 18.8 Å². The third kappa shape index (κ3) is 4.14. The summed E-state index contributed by atoms with van der Waals surface area (Å²) in [5.74, 6) is -0.930. The van der Waals surface area contributed by atoms with Gasteiger partial charge in [0.25, 0.3) is 0 Å². The summed E-state index contributed by atoms with van der Waals surface area (Å²) in [6, 6.07) is 1.77. The summed E-state index contributed by atoms with van der Waals surface area (Å²) in [6.07, 6.45) is -2.40. The number of anilines is 2. The molecule has 8 nitrogen and oxygen atoms in total. The normalized spacial score (nSPS) is 25.0. The topological polar surface area (TPSA) is 89.6 Å². The van der Waals surface area contributed by atoms with E-state index in [0.717, 1.165) is 44.4 Å². The molecule has 0 amide bonds. The molecule has 2 N–H and O–H groups in total. The molecule has 0 bridgehead atoms. The molecule has 3 aromatic rings. The molecular weight excluding hydrogens is 571 g/mol. The highest BCUT2D eigenvalue weighted by Gasteiger charge is 2.52. The maximum Gasteiger partial charge on any atom is 0.418 e. The van der Waals surface area contributed by atoms with E-state index in [9.17, 15) is 17.6 Å². The predicted octanol–water partition coefficient (Wildman–Crippen LogP) is 5.40. The molecule has 218 valence electrons. The van der Waals surface area contributed by atoms with Crippen LogP contribution in [0.3, 0.4) is 0 Å². The average molecular weight is 597 g/mol. The van der Waals surface area contributed by atoms with E-state index in [4.69, 9.17) is 26.8 Å². The SMILES string of the molecule is CN1c2nc(OC[C@@]34CCCN3C[C@H](F)C4)nc3c(F)c(-c4cc(N)cc(Cl)c4C(F)(F)F)nc(c23)OCC12CC2. The van der Waals surface area contributed by atoms with Gasteiger partial charge >= 0.3 is 12.2 Å². The number of benzene rings is 1. The van der Waals surface area contributed by atoms with Crippen molar-refractivity contribution >= 4 is 34.0 Å². The Hall–Kier alpha value is -3.19. The lowest BCUT2D eigenvalue weighted by Gasteiger charge is -2.31. The molecular formula is C27H26ClF5N6O2. The first-order valence-corrected chi connectivity index (χ1v) is 13.8. The molecule has 0 unspecified atom stereocenters. The molecule has 2 saturated heterocycles. The summed E-state index contributed by atoms with van der Waals surface area (Å²) < 4.78 is 85.1. The number of ether oxygens (including phenoxy) is 2. The third-order valence-electron chi connectivity index (χ3n) is 8.93. The molecule has 5 heterocycles. The Bertz CT molecular complexity index is 1580. The molecule has 41 heavy (non-hydrogen) atoms. The Kier molecular flexibility index (Phi) is 5.80. The van der Waals surface area contributed by atoms with Gasteiger partial charge in [-0.2, -0.15) is 23.1 Å². The fourth-order valence-electron chi connectivity index (χ4n) is 6.59. The van der Waals surface area contributed by atoms with Crippen molar-refractivity contribution in [3.63, 3.8) is 0 Å². The number of hydrogen-bond acceptors (Lipinski definition) is 8. The van der Waals surface area contributed by atoms with E-state index in [1.54, 1.807) is 7.05 Å². The lowest BCUT2D eigenvalue weighted by molar-refractivity contribution is -0.137. The first kappa shape index (κ1) is 26.7. The van der Waals surface area contributed by atoms with Crippen LogP contribution in [0.1, 0.15) is 37.7 Å². The van der Waals surface area contributed by atoms with Gasteiger partial charge in [0.2, 0.25) is 5.88 Å². The average Bonchev–Trinajstić information content (AvgIpc) is 3.52. The van der Waals surface area contributed by atoms with Crippen molar-refractivity contribution in [3.8, 4) is 23.1 Å². The lowest BCUT2D eigenvalue weighted by atomic mass is 9.95. The van der Waals surface area contributed by atoms with Gasteiger partial charge in [-0.3, -0.25) is 4.90 Å². The molecule has 2 atom stereocenters. The third-order valence-corrected chi connectivity index (χ3v) is 9.23. The number of nitrogen functional groups attached to an aromatic ring is 1. The smallest absolute Gasteiger partial charge is 0.418 e. The highest BCUT2D eigenvalue weighted by molar-refractivity contribution is 6.32. The van der Waals surface area contributed by atoms with Gasteiger partial charge in [0.15, 0.2) is 5.82 Å². The van der Waals surface area contributed by atoms with Crippen molar-refractivity contribution in [2.75, 3.05) is 44.0 Å². The molecule has 3 aliphatic heterocycles. The second kappa shape index (κ2) is 8.90. The largest absolute Gasteiger partial charge is 0.475 e. The fourth-order valence-corrected chi connectivity index (χ4v) is 6.93. The van der Waals surface area contributed by atoms with Crippen LogP contribution in [0.4, 0.5) is 33.5 Å². The first-order valence-electron chi connectivity index (χ1n) is 13.4. The van der Waals surface area contributed by atoms with Gasteiger partial charge in [-0.15, -0.1) is 0 Å². The zero-order valence-corrected chi connectivity index (χ0v) is 22.7. The summed E-state index contributed by atoms with van der Waals surface area (Å²) in [5.41, 5.74) is 1.91. The maximum absolute atomic E-state index is 16.4. The minimum atomic E-state index is -4.93. The Labute approximate surface area is 236 Å². The Balaban J connectivity index is 1.40. The van der Waals surface area contributed by atoms with Crippen molar-refractivity contribution < 1.29 is 31.4 Å². The van der Waals surface area contributed by atoms with E-state index in [2.05, 4.69) is 19.9 Å². The van der Waals surface area contributed by atoms with E-state index >= 15 is 4.39 Å². The van der Waals surface area contributed by atoms with Crippen LogP contribution in [0, 0.1) is 5.82 Å². The number of aromatic nitrogens is 3. The van der Waals surface area contributed by atoms with Crippen LogP contribution in [0.15, 0.2) is 12.1 Å². The first-order chi connectivity index (χ1) is 19.4. The Morgan fingerprint density at radius 1 is 1.20 bits per heavy atom. The van der Waals surface area contributed by atoms with E-state index in [-0.39, 0.29) is 41.7 Å². The summed E-state index contributed by atoms with van der Waals surface area (Å²) in [6.45, 7) is 1.35. The Morgan fingerprint density at radius 2 is 1.98 bits per heavy atom. The van der Waals surface area contributed by atoms with Crippen molar-refractivity contribution in [3.05, 3.63) is 28.5 Å². The quantitative estimate of drug-likeness (QED) is 0.316. The molecule has 4 aliphatic rings. The van der Waals surface area contributed by atoms with Crippen LogP contribution in [-0.4, -0.2) is 70.5 Å². The van der Waals surface area contributed by atoms with Gasteiger partial charge in [-0.25, -0.2) is 13.8 Å². The van der Waals surface area contributed by atoms with Crippen LogP contribution < -0.4 is 20.1 Å². The van der Waals surface area contributed by atoms with Crippen molar-refractivity contribution in [1.82, 2.24) is 19.9 Å². The fraction of sp³-hybridized carbons (Fsp3) is 0.519. The lowest BCUT2D eigenvalue weighted by Crippen LogP contribution is -2.43. The van der Waals surface area contributed by atoms with Crippen molar-refractivity contribution in [1.29, 1.82) is 0 Å². The van der Waals surface area contributed by atoms with Gasteiger partial charge in [-0.05, 0) is 44.4 Å². The number of hydrogen-bond donors (Lipinski definition) is 1. The number of pyridine rings is 1. The van der Waals surface area contributed by atoms with Crippen molar-refractivity contribution in [2.45, 2.75) is 55.5 Å². The van der Waals surface area contributed by atoms with E-state index < -0.39 is 51.1 Å². The summed E-state index contributed by atoms with van der Waals surface area (Å²) >= 11 is 5.96. The monoisotopic (exact) mass is 596 g/mol. The zero-order chi connectivity index (χ0) is 28.9. The second-order valence-corrected chi connectivity index (χ2v) is 11.9.